The van der Waals surface area contributed by atoms with Crippen molar-refractivity contribution in [2.24, 2.45) is 0 Å². The number of aliphatic hydroxyl groups is 1. The van der Waals surface area contributed by atoms with Crippen LogP contribution in [0.25, 0.3) is 0 Å². The summed E-state index contributed by atoms with van der Waals surface area (Å²) in [6.45, 7) is 4.52. The molecule has 2 aliphatic rings. The Balaban J connectivity index is 1.60. The summed E-state index contributed by atoms with van der Waals surface area (Å²) in [5, 5.41) is 10.3. The predicted molar refractivity (Wildman–Crippen MR) is 81.6 cm³/mol. The van der Waals surface area contributed by atoms with Gasteiger partial charge >= 0.3 is 0 Å². The maximum Gasteiger partial charge on any atom is 0.129 e. The molecule has 0 bridgehead atoms. The molecule has 1 N–H and O–H groups in total. The number of halogens is 2. The van der Waals surface area contributed by atoms with Crippen LogP contribution in [-0.2, 0) is 0 Å². The van der Waals surface area contributed by atoms with Crippen LogP contribution in [0.1, 0.15) is 37.4 Å². The van der Waals surface area contributed by atoms with Crippen molar-refractivity contribution in [3.05, 3.63) is 35.4 Å². The minimum atomic E-state index is -0.979. The molecule has 1 aromatic rings. The van der Waals surface area contributed by atoms with Crippen LogP contribution in [0.3, 0.4) is 0 Å². The van der Waals surface area contributed by atoms with E-state index in [1.54, 1.807) is 0 Å². The summed E-state index contributed by atoms with van der Waals surface area (Å²) in [6.07, 6.45) is 3.86. The first-order chi connectivity index (χ1) is 10.6. The number of aliphatic hydroxyl groups excluding tert-OH is 1. The molecule has 122 valence electrons. The Morgan fingerprint density at radius 2 is 1.91 bits per heavy atom. The van der Waals surface area contributed by atoms with Crippen molar-refractivity contribution in [3.8, 4) is 0 Å². The summed E-state index contributed by atoms with van der Waals surface area (Å²) in [7, 11) is 0. The highest BCUT2D eigenvalue weighted by Crippen LogP contribution is 2.24. The smallest absolute Gasteiger partial charge is 0.129 e. The lowest BCUT2D eigenvalue weighted by molar-refractivity contribution is 0.0635. The Labute approximate surface area is 130 Å². The monoisotopic (exact) mass is 310 g/mol. The second-order valence-electron chi connectivity index (χ2n) is 6.48. The van der Waals surface area contributed by atoms with Gasteiger partial charge in [-0.15, -0.1) is 0 Å². The number of piperidine rings is 1. The van der Waals surface area contributed by atoms with Gasteiger partial charge in [0.05, 0.1) is 6.10 Å². The van der Waals surface area contributed by atoms with Gasteiger partial charge in [0.15, 0.2) is 0 Å². The topological polar surface area (TPSA) is 26.7 Å². The molecular weight excluding hydrogens is 286 g/mol. The van der Waals surface area contributed by atoms with Gasteiger partial charge in [0, 0.05) is 24.7 Å². The lowest BCUT2D eigenvalue weighted by Crippen LogP contribution is -2.47. The summed E-state index contributed by atoms with van der Waals surface area (Å²) in [5.74, 6) is -1.05. The van der Waals surface area contributed by atoms with E-state index in [9.17, 15) is 13.9 Å². The van der Waals surface area contributed by atoms with Gasteiger partial charge in [0.25, 0.3) is 0 Å². The Bertz CT molecular complexity index is 505. The number of hydrogen-bond donors (Lipinski definition) is 1. The van der Waals surface area contributed by atoms with Crippen molar-refractivity contribution in [2.45, 2.75) is 37.8 Å². The fraction of sp³-hybridized carbons (Fsp3) is 0.647. The molecule has 0 aromatic heterocycles. The van der Waals surface area contributed by atoms with Crippen LogP contribution in [0.15, 0.2) is 18.2 Å². The number of benzene rings is 1. The summed E-state index contributed by atoms with van der Waals surface area (Å²) < 4.78 is 27.0. The number of rotatable bonds is 4. The zero-order valence-electron chi connectivity index (χ0n) is 12.8. The van der Waals surface area contributed by atoms with Crippen molar-refractivity contribution < 1.29 is 13.9 Å². The molecule has 0 aliphatic carbocycles. The molecule has 1 aromatic carbocycles. The molecule has 2 aliphatic heterocycles. The van der Waals surface area contributed by atoms with E-state index in [1.807, 2.05) is 0 Å². The Kier molecular flexibility index (Phi) is 5.06. The van der Waals surface area contributed by atoms with Gasteiger partial charge in [-0.1, -0.05) is 0 Å². The van der Waals surface area contributed by atoms with E-state index >= 15 is 0 Å². The highest BCUT2D eigenvalue weighted by Gasteiger charge is 2.28. The SMILES string of the molecule is OC(CN1CCCC(N2CCCC2)C1)c1cc(F)ccc1F. The summed E-state index contributed by atoms with van der Waals surface area (Å²) in [4.78, 5) is 4.71. The molecule has 2 fully saturated rings. The molecule has 2 heterocycles. The van der Waals surface area contributed by atoms with Gasteiger partial charge in [0.1, 0.15) is 11.6 Å². The second kappa shape index (κ2) is 7.02. The molecule has 2 atom stereocenters. The standard InChI is InChI=1S/C17H24F2N2O/c18-13-5-6-16(19)15(10-13)17(22)12-20-7-3-4-14(11-20)21-8-1-2-9-21/h5-6,10,14,17,22H,1-4,7-9,11-12H2. The Morgan fingerprint density at radius 3 is 2.68 bits per heavy atom. The number of nitrogens with zero attached hydrogens (tertiary/aromatic N) is 2. The zero-order valence-corrected chi connectivity index (χ0v) is 12.8. The molecule has 3 rings (SSSR count). The molecular formula is C17H24F2N2O. The van der Waals surface area contributed by atoms with Crippen molar-refractivity contribution >= 4 is 0 Å². The first-order valence-electron chi connectivity index (χ1n) is 8.23. The van der Waals surface area contributed by atoms with Crippen LogP contribution in [0, 0.1) is 11.6 Å². The Morgan fingerprint density at radius 1 is 1.14 bits per heavy atom. The van der Waals surface area contributed by atoms with Crippen LogP contribution >= 0.6 is 0 Å². The van der Waals surface area contributed by atoms with Crippen LogP contribution in [0.2, 0.25) is 0 Å². The zero-order chi connectivity index (χ0) is 15.5. The fourth-order valence-electron chi connectivity index (χ4n) is 3.71. The van der Waals surface area contributed by atoms with E-state index in [-0.39, 0.29) is 5.56 Å². The highest BCUT2D eigenvalue weighted by atomic mass is 19.1. The van der Waals surface area contributed by atoms with Crippen LogP contribution < -0.4 is 0 Å². The summed E-state index contributed by atoms with van der Waals surface area (Å²) in [5.41, 5.74) is 0.0586. The predicted octanol–water partition coefficient (Wildman–Crippen LogP) is 2.56. The normalized spacial score (nSPS) is 25.5. The van der Waals surface area contributed by atoms with Gasteiger partial charge in [-0.25, -0.2) is 8.78 Å². The van der Waals surface area contributed by atoms with Crippen molar-refractivity contribution in [1.82, 2.24) is 9.80 Å². The first kappa shape index (κ1) is 15.8. The molecule has 2 unspecified atom stereocenters. The van der Waals surface area contributed by atoms with E-state index in [0.29, 0.717) is 12.6 Å². The Hall–Kier alpha value is -1.04. The maximum atomic E-state index is 13.7. The third-order valence-electron chi connectivity index (χ3n) is 4.89. The average Bonchev–Trinajstić information content (AvgIpc) is 3.04. The minimum absolute atomic E-state index is 0.0586. The summed E-state index contributed by atoms with van der Waals surface area (Å²) in [6, 6.07) is 3.80. The van der Waals surface area contributed by atoms with Gasteiger partial charge in [-0.3, -0.25) is 9.80 Å². The molecule has 0 radical (unpaired) electrons. The van der Waals surface area contributed by atoms with E-state index in [2.05, 4.69) is 9.80 Å². The van der Waals surface area contributed by atoms with E-state index in [0.717, 1.165) is 37.7 Å². The quantitative estimate of drug-likeness (QED) is 0.926. The molecule has 22 heavy (non-hydrogen) atoms. The van der Waals surface area contributed by atoms with E-state index < -0.39 is 17.7 Å². The number of likely N-dealkylation sites (tertiary alicyclic amines) is 2. The van der Waals surface area contributed by atoms with E-state index in [1.165, 1.54) is 32.4 Å². The molecule has 3 nitrogen and oxygen atoms in total. The molecule has 2 saturated heterocycles. The highest BCUT2D eigenvalue weighted by molar-refractivity contribution is 5.21. The first-order valence-corrected chi connectivity index (χ1v) is 8.23. The third kappa shape index (κ3) is 3.65. The summed E-state index contributed by atoms with van der Waals surface area (Å²) >= 11 is 0. The van der Waals surface area contributed by atoms with E-state index in [4.69, 9.17) is 0 Å². The maximum absolute atomic E-state index is 13.7. The third-order valence-corrected chi connectivity index (χ3v) is 4.89. The van der Waals surface area contributed by atoms with Gasteiger partial charge in [-0.05, 0) is 63.5 Å². The van der Waals surface area contributed by atoms with Gasteiger partial charge in [-0.2, -0.15) is 0 Å². The van der Waals surface area contributed by atoms with Crippen molar-refractivity contribution in [1.29, 1.82) is 0 Å². The second-order valence-corrected chi connectivity index (χ2v) is 6.48. The van der Waals surface area contributed by atoms with Crippen LogP contribution in [0.5, 0.6) is 0 Å². The average molecular weight is 310 g/mol. The molecule has 5 heteroatoms. The van der Waals surface area contributed by atoms with Crippen LogP contribution in [-0.4, -0.2) is 53.7 Å². The van der Waals surface area contributed by atoms with Gasteiger partial charge in [0.2, 0.25) is 0 Å². The lowest BCUT2D eigenvalue weighted by Gasteiger charge is -2.38. The van der Waals surface area contributed by atoms with Crippen molar-refractivity contribution in [2.75, 3.05) is 32.7 Å². The van der Waals surface area contributed by atoms with Gasteiger partial charge < -0.3 is 5.11 Å². The number of hydrogen-bond acceptors (Lipinski definition) is 3. The molecule has 0 spiro atoms. The minimum Gasteiger partial charge on any atom is -0.387 e. The lowest BCUT2D eigenvalue weighted by atomic mass is 10.0. The molecule has 0 amide bonds. The fourth-order valence-corrected chi connectivity index (χ4v) is 3.71. The largest absolute Gasteiger partial charge is 0.387 e. The molecule has 0 saturated carbocycles. The van der Waals surface area contributed by atoms with Crippen LogP contribution in [0.4, 0.5) is 8.78 Å². The number of β-amino-alcohol motifs (C(OH)–C–C–N with tert-alkyl or cyclic N) is 1. The van der Waals surface area contributed by atoms with Crippen molar-refractivity contribution in [3.63, 3.8) is 0 Å².